The van der Waals surface area contributed by atoms with Crippen LogP contribution in [0.15, 0.2) is 0 Å². The molecule has 0 aliphatic rings. The summed E-state index contributed by atoms with van der Waals surface area (Å²) in [5.41, 5.74) is -2.00. The second-order valence-corrected chi connectivity index (χ2v) is 6.47. The van der Waals surface area contributed by atoms with E-state index >= 15 is 0 Å². The Kier molecular flexibility index (Phi) is 20.6. The molecule has 0 aliphatic heterocycles. The average molecular weight is 330 g/mol. The molecule has 3 nitrogen and oxygen atoms in total. The van der Waals surface area contributed by atoms with Crippen molar-refractivity contribution in [2.45, 2.75) is 118 Å². The quantitative estimate of drug-likeness (QED) is 0.702. The fourth-order valence-electron chi connectivity index (χ4n) is 0.750. The monoisotopic (exact) mass is 330 g/mol. The molecular formula is C18H39AlO3. The summed E-state index contributed by atoms with van der Waals surface area (Å²) in [6.07, 6.45) is 4.44. The summed E-state index contributed by atoms with van der Waals surface area (Å²) in [5, 5.41) is 32.5. The summed E-state index contributed by atoms with van der Waals surface area (Å²) in [7, 11) is 0. The van der Waals surface area contributed by atoms with Crippen molar-refractivity contribution in [3.63, 3.8) is 0 Å². The Balaban J connectivity index is -0.000000108. The molecule has 0 amide bonds. The molecular weight excluding hydrogens is 291 g/mol. The van der Waals surface area contributed by atoms with Gasteiger partial charge in [-0.3, -0.25) is 0 Å². The van der Waals surface area contributed by atoms with Crippen molar-refractivity contribution in [3.05, 3.63) is 0 Å². The van der Waals surface area contributed by atoms with E-state index in [1.807, 2.05) is 41.5 Å². The number of rotatable bonds is 6. The summed E-state index contributed by atoms with van der Waals surface area (Å²) in [6, 6.07) is 0. The molecule has 0 radical (unpaired) electrons. The van der Waals surface area contributed by atoms with Gasteiger partial charge < -0.3 is 15.3 Å². The minimum Gasteiger partial charge on any atom is -0.850 e. The zero-order valence-corrected chi connectivity index (χ0v) is 17.7. The Morgan fingerprint density at radius 3 is 0.545 bits per heavy atom. The molecule has 0 heterocycles. The standard InChI is InChI=1S/3C6H13O.Al/c3*1-4-6(3,7)5-2;/h3*4-5H2,1-3H3;/q3*-1;+3. The topological polar surface area (TPSA) is 69.2 Å². The summed E-state index contributed by atoms with van der Waals surface area (Å²) in [5.74, 6) is 0. The van der Waals surface area contributed by atoms with Crippen LogP contribution in [0.3, 0.4) is 0 Å². The molecule has 22 heavy (non-hydrogen) atoms. The SMILES string of the molecule is CCC(C)([O-])CC.CCC(C)([O-])CC.CCC(C)([O-])CC.[Al+3]. The second kappa shape index (κ2) is 15.0. The van der Waals surface area contributed by atoms with Gasteiger partial charge >= 0.3 is 17.4 Å². The second-order valence-electron chi connectivity index (χ2n) is 6.47. The van der Waals surface area contributed by atoms with E-state index in [0.717, 1.165) is 38.5 Å². The maximum absolute atomic E-state index is 10.8. The van der Waals surface area contributed by atoms with Gasteiger partial charge in [-0.1, -0.05) is 101 Å². The van der Waals surface area contributed by atoms with E-state index < -0.39 is 16.8 Å². The Labute approximate surface area is 150 Å². The molecule has 0 aliphatic carbocycles. The molecule has 0 unspecified atom stereocenters. The number of hydrogen-bond acceptors (Lipinski definition) is 3. The van der Waals surface area contributed by atoms with Crippen molar-refractivity contribution in [3.8, 4) is 0 Å². The Hall–Kier alpha value is 0.412. The van der Waals surface area contributed by atoms with Crippen molar-refractivity contribution >= 4 is 17.4 Å². The molecule has 132 valence electrons. The normalized spacial score (nSPS) is 11.5. The molecule has 0 saturated carbocycles. The van der Waals surface area contributed by atoms with E-state index in [4.69, 9.17) is 0 Å². The van der Waals surface area contributed by atoms with Crippen molar-refractivity contribution < 1.29 is 15.3 Å². The van der Waals surface area contributed by atoms with Crippen molar-refractivity contribution in [1.29, 1.82) is 0 Å². The average Bonchev–Trinajstić information content (AvgIpc) is 2.48. The van der Waals surface area contributed by atoms with E-state index in [-0.39, 0.29) is 17.4 Å². The van der Waals surface area contributed by atoms with Gasteiger partial charge in [-0.25, -0.2) is 0 Å². The van der Waals surface area contributed by atoms with Gasteiger partial charge in [-0.05, 0) is 0 Å². The molecule has 0 atom stereocenters. The largest absolute Gasteiger partial charge is 3.00 e. The summed E-state index contributed by atoms with van der Waals surface area (Å²) >= 11 is 0. The number of hydrogen-bond donors (Lipinski definition) is 0. The molecule has 0 N–H and O–H groups in total. The smallest absolute Gasteiger partial charge is 0.850 e. The fraction of sp³-hybridized carbons (Fsp3) is 1.00. The first kappa shape index (κ1) is 30.3. The van der Waals surface area contributed by atoms with Gasteiger partial charge in [0.25, 0.3) is 0 Å². The predicted molar refractivity (Wildman–Crippen MR) is 92.7 cm³/mol. The van der Waals surface area contributed by atoms with E-state index in [9.17, 15) is 15.3 Å². The van der Waals surface area contributed by atoms with Crippen LogP contribution in [0.4, 0.5) is 0 Å². The van der Waals surface area contributed by atoms with Crippen molar-refractivity contribution in [2.24, 2.45) is 0 Å². The van der Waals surface area contributed by atoms with Crippen LogP contribution in [-0.4, -0.2) is 34.2 Å². The third-order valence-corrected chi connectivity index (χ3v) is 4.49. The van der Waals surface area contributed by atoms with Crippen LogP contribution in [0.5, 0.6) is 0 Å². The molecule has 4 heteroatoms. The third-order valence-electron chi connectivity index (χ3n) is 4.49. The van der Waals surface area contributed by atoms with Gasteiger partial charge in [0, 0.05) is 0 Å². The van der Waals surface area contributed by atoms with Crippen LogP contribution >= 0.6 is 0 Å². The summed E-state index contributed by atoms with van der Waals surface area (Å²) in [6.45, 7) is 16.8. The predicted octanol–water partition coefficient (Wildman–Crippen LogP) is 2.40. The molecule has 0 aromatic heterocycles. The van der Waals surface area contributed by atoms with Crippen LogP contribution in [0.25, 0.3) is 0 Å². The fourth-order valence-corrected chi connectivity index (χ4v) is 0.750. The van der Waals surface area contributed by atoms with Gasteiger partial charge in [0.1, 0.15) is 0 Å². The van der Waals surface area contributed by atoms with Gasteiger partial charge in [-0.15, -0.1) is 16.8 Å². The molecule has 0 bridgehead atoms. The van der Waals surface area contributed by atoms with Crippen LogP contribution in [0, 0.1) is 0 Å². The first-order valence-corrected chi connectivity index (χ1v) is 8.48. The maximum atomic E-state index is 10.8. The Morgan fingerprint density at radius 2 is 0.545 bits per heavy atom. The minimum atomic E-state index is -0.667. The zero-order valence-electron chi connectivity index (χ0n) is 16.5. The molecule has 0 aromatic carbocycles. The van der Waals surface area contributed by atoms with Crippen LogP contribution in [-0.2, 0) is 0 Å². The molecule has 0 spiro atoms. The van der Waals surface area contributed by atoms with Gasteiger partial charge in [0.15, 0.2) is 0 Å². The third kappa shape index (κ3) is 22.7. The van der Waals surface area contributed by atoms with Crippen LogP contribution in [0.1, 0.15) is 101 Å². The first-order valence-electron chi connectivity index (χ1n) is 8.48. The van der Waals surface area contributed by atoms with Crippen molar-refractivity contribution in [1.82, 2.24) is 0 Å². The molecule has 0 fully saturated rings. The molecule has 0 saturated heterocycles. The van der Waals surface area contributed by atoms with Gasteiger partial charge in [0.2, 0.25) is 0 Å². The van der Waals surface area contributed by atoms with Crippen molar-refractivity contribution in [2.75, 3.05) is 0 Å². The summed E-state index contributed by atoms with van der Waals surface area (Å²) < 4.78 is 0. The first-order chi connectivity index (χ1) is 9.36. The van der Waals surface area contributed by atoms with E-state index in [2.05, 4.69) is 0 Å². The minimum absolute atomic E-state index is 0. The Bertz CT molecular complexity index is 170. The molecule has 0 rings (SSSR count). The van der Waals surface area contributed by atoms with Gasteiger partial charge in [-0.2, -0.15) is 0 Å². The zero-order chi connectivity index (χ0) is 17.7. The van der Waals surface area contributed by atoms with Gasteiger partial charge in [0.05, 0.1) is 0 Å². The van der Waals surface area contributed by atoms with Crippen LogP contribution in [0.2, 0.25) is 0 Å². The van der Waals surface area contributed by atoms with E-state index in [1.54, 1.807) is 20.8 Å². The van der Waals surface area contributed by atoms with Crippen LogP contribution < -0.4 is 15.3 Å². The maximum Gasteiger partial charge on any atom is 3.00 e. The molecule has 0 aromatic rings. The summed E-state index contributed by atoms with van der Waals surface area (Å²) in [4.78, 5) is 0. The van der Waals surface area contributed by atoms with E-state index in [1.165, 1.54) is 0 Å². The van der Waals surface area contributed by atoms with E-state index in [0.29, 0.717) is 0 Å². The Morgan fingerprint density at radius 1 is 0.455 bits per heavy atom.